The molecule has 8 heteroatoms. The highest BCUT2D eigenvalue weighted by atomic mass is 79.9. The van der Waals surface area contributed by atoms with E-state index in [1.807, 2.05) is 42.5 Å². The van der Waals surface area contributed by atoms with Crippen LogP contribution in [0.3, 0.4) is 0 Å². The Balaban J connectivity index is 1.37. The molecular formula is C24H21BrN4O3. The molecule has 7 nitrogen and oxygen atoms in total. The summed E-state index contributed by atoms with van der Waals surface area (Å²) in [6.45, 7) is 0.310. The second-order valence-corrected chi connectivity index (χ2v) is 8.23. The second-order valence-electron chi connectivity index (χ2n) is 7.37. The number of nitrogens with zero attached hydrogens (tertiary/aromatic N) is 1. The predicted molar refractivity (Wildman–Crippen MR) is 129 cm³/mol. The lowest BCUT2D eigenvalue weighted by Crippen LogP contribution is -2.28. The van der Waals surface area contributed by atoms with Gasteiger partial charge in [-0.3, -0.25) is 9.59 Å². The first-order valence-electron chi connectivity index (χ1n) is 10.1. The van der Waals surface area contributed by atoms with Crippen LogP contribution in [0.25, 0.3) is 0 Å². The predicted octanol–water partition coefficient (Wildman–Crippen LogP) is 5.08. The molecule has 0 aromatic heterocycles. The molecule has 0 aliphatic carbocycles. The van der Waals surface area contributed by atoms with Crippen LogP contribution in [0, 0.1) is 5.92 Å². The average molecular weight is 493 g/mol. The molecule has 0 radical (unpaired) electrons. The van der Waals surface area contributed by atoms with Gasteiger partial charge in [-0.2, -0.15) is 0 Å². The molecule has 0 saturated carbocycles. The van der Waals surface area contributed by atoms with Crippen LogP contribution < -0.4 is 20.9 Å². The van der Waals surface area contributed by atoms with Gasteiger partial charge in [0.25, 0.3) is 0 Å². The normalized spacial score (nSPS) is 15.3. The highest BCUT2D eigenvalue weighted by Crippen LogP contribution is 2.31. The molecule has 162 valence electrons. The summed E-state index contributed by atoms with van der Waals surface area (Å²) in [7, 11) is 0. The van der Waals surface area contributed by atoms with Gasteiger partial charge >= 0.3 is 6.03 Å². The largest absolute Gasteiger partial charge is 0.326 e. The van der Waals surface area contributed by atoms with Crippen LogP contribution in [0.1, 0.15) is 6.42 Å². The van der Waals surface area contributed by atoms with Gasteiger partial charge in [0.1, 0.15) is 0 Å². The maximum Gasteiger partial charge on any atom is 0.323 e. The van der Waals surface area contributed by atoms with Crippen molar-refractivity contribution in [2.24, 2.45) is 5.92 Å². The van der Waals surface area contributed by atoms with E-state index >= 15 is 0 Å². The summed E-state index contributed by atoms with van der Waals surface area (Å²) < 4.78 is 0.807. The average Bonchev–Trinajstić information content (AvgIpc) is 3.16. The Kier molecular flexibility index (Phi) is 6.51. The molecule has 3 N–H and O–H groups in total. The van der Waals surface area contributed by atoms with Crippen molar-refractivity contribution in [3.63, 3.8) is 0 Å². The summed E-state index contributed by atoms with van der Waals surface area (Å²) >= 11 is 3.46. The lowest BCUT2D eigenvalue weighted by atomic mass is 10.1. The van der Waals surface area contributed by atoms with Gasteiger partial charge in [-0.25, -0.2) is 4.79 Å². The van der Waals surface area contributed by atoms with Gasteiger partial charge in [-0.05, 0) is 58.4 Å². The molecule has 3 aromatic rings. The third-order valence-electron chi connectivity index (χ3n) is 5.06. The van der Waals surface area contributed by atoms with Crippen LogP contribution >= 0.6 is 15.9 Å². The molecule has 1 saturated heterocycles. The highest BCUT2D eigenvalue weighted by molar-refractivity contribution is 9.10. The summed E-state index contributed by atoms with van der Waals surface area (Å²) in [5.41, 5.74) is 2.51. The fourth-order valence-electron chi connectivity index (χ4n) is 3.52. The van der Waals surface area contributed by atoms with Crippen molar-refractivity contribution in [1.82, 2.24) is 0 Å². The Morgan fingerprint density at radius 1 is 0.812 bits per heavy atom. The minimum Gasteiger partial charge on any atom is -0.326 e. The number of amides is 4. The maximum atomic E-state index is 12.8. The van der Waals surface area contributed by atoms with Gasteiger partial charge in [-0.15, -0.1) is 0 Å². The zero-order valence-corrected chi connectivity index (χ0v) is 18.6. The van der Waals surface area contributed by atoms with Gasteiger partial charge < -0.3 is 20.9 Å². The lowest BCUT2D eigenvalue weighted by molar-refractivity contribution is -0.122. The maximum absolute atomic E-state index is 12.8. The number of rotatable bonds is 5. The molecule has 0 bridgehead atoms. The number of carbonyl (C=O) groups excluding carboxylic acids is 3. The van der Waals surface area contributed by atoms with E-state index in [2.05, 4.69) is 31.9 Å². The number of halogens is 1. The van der Waals surface area contributed by atoms with E-state index in [9.17, 15) is 14.4 Å². The van der Waals surface area contributed by atoms with E-state index in [1.165, 1.54) is 0 Å². The van der Waals surface area contributed by atoms with Gasteiger partial charge in [0.05, 0.1) is 11.6 Å². The monoisotopic (exact) mass is 492 g/mol. The van der Waals surface area contributed by atoms with Gasteiger partial charge in [0, 0.05) is 34.5 Å². The van der Waals surface area contributed by atoms with Gasteiger partial charge in [0.2, 0.25) is 11.8 Å². The van der Waals surface area contributed by atoms with Crippen LogP contribution in [0.4, 0.5) is 27.5 Å². The molecule has 1 aliphatic heterocycles. The molecule has 32 heavy (non-hydrogen) atoms. The van der Waals surface area contributed by atoms with E-state index in [-0.39, 0.29) is 24.3 Å². The molecular weight excluding hydrogens is 472 g/mol. The molecule has 1 aliphatic rings. The Hall–Kier alpha value is -3.65. The van der Waals surface area contributed by atoms with E-state index in [0.717, 1.165) is 10.2 Å². The number of benzene rings is 3. The Bertz CT molecular complexity index is 1150. The first kappa shape index (κ1) is 21.6. The number of hydrogen-bond donors (Lipinski definition) is 3. The summed E-state index contributed by atoms with van der Waals surface area (Å²) in [6.07, 6.45) is 0.143. The van der Waals surface area contributed by atoms with Crippen LogP contribution in [-0.4, -0.2) is 24.4 Å². The first-order chi connectivity index (χ1) is 15.5. The van der Waals surface area contributed by atoms with Crippen LogP contribution in [0.2, 0.25) is 0 Å². The standard InChI is InChI=1S/C24H21BrN4O3/c25-20-11-4-5-12-21(20)29-15-16(13-22(29)30)23(31)26-18-9-6-10-19(14-18)28-24(32)27-17-7-2-1-3-8-17/h1-12,14,16H,13,15H2,(H,26,31)(H2,27,28,32). The van der Waals surface area contributed by atoms with E-state index in [4.69, 9.17) is 0 Å². The third-order valence-corrected chi connectivity index (χ3v) is 5.73. The topological polar surface area (TPSA) is 90.5 Å². The van der Waals surface area contributed by atoms with E-state index in [0.29, 0.717) is 23.6 Å². The van der Waals surface area contributed by atoms with Crippen molar-refractivity contribution in [1.29, 1.82) is 0 Å². The zero-order valence-electron chi connectivity index (χ0n) is 17.0. The van der Waals surface area contributed by atoms with Crippen molar-refractivity contribution in [3.8, 4) is 0 Å². The summed E-state index contributed by atoms with van der Waals surface area (Å²) in [6, 6.07) is 23.0. The molecule has 1 unspecified atom stereocenters. The molecule has 4 rings (SSSR count). The summed E-state index contributed by atoms with van der Waals surface area (Å²) in [5, 5.41) is 8.34. The fourth-order valence-corrected chi connectivity index (χ4v) is 4.02. The molecule has 1 fully saturated rings. The molecule has 3 aromatic carbocycles. The van der Waals surface area contributed by atoms with E-state index < -0.39 is 5.92 Å². The van der Waals surface area contributed by atoms with E-state index in [1.54, 1.807) is 41.3 Å². The number of urea groups is 1. The van der Waals surface area contributed by atoms with Crippen molar-refractivity contribution in [2.75, 3.05) is 27.4 Å². The Morgan fingerprint density at radius 2 is 1.44 bits per heavy atom. The Morgan fingerprint density at radius 3 is 2.19 bits per heavy atom. The highest BCUT2D eigenvalue weighted by Gasteiger charge is 2.35. The van der Waals surface area contributed by atoms with Crippen molar-refractivity contribution >= 4 is 56.5 Å². The summed E-state index contributed by atoms with van der Waals surface area (Å²) in [4.78, 5) is 39.1. The van der Waals surface area contributed by atoms with Crippen molar-refractivity contribution in [2.45, 2.75) is 6.42 Å². The molecule has 1 heterocycles. The Labute approximate surface area is 193 Å². The number of hydrogen-bond acceptors (Lipinski definition) is 3. The van der Waals surface area contributed by atoms with Gasteiger partial charge in [0.15, 0.2) is 0 Å². The zero-order chi connectivity index (χ0) is 22.5. The smallest absolute Gasteiger partial charge is 0.323 e. The minimum absolute atomic E-state index is 0.0925. The number of anilines is 4. The SMILES string of the molecule is O=C(Nc1ccccc1)Nc1cccc(NC(=O)C2CC(=O)N(c3ccccc3Br)C2)c1. The van der Waals surface area contributed by atoms with Gasteiger partial charge in [-0.1, -0.05) is 36.4 Å². The molecule has 1 atom stereocenters. The van der Waals surface area contributed by atoms with Crippen molar-refractivity contribution < 1.29 is 14.4 Å². The third kappa shape index (κ3) is 5.15. The molecule has 0 spiro atoms. The fraction of sp³-hybridized carbons (Fsp3) is 0.125. The number of carbonyl (C=O) groups is 3. The quantitative estimate of drug-likeness (QED) is 0.463. The first-order valence-corrected chi connectivity index (χ1v) is 10.9. The van der Waals surface area contributed by atoms with Crippen LogP contribution in [0.15, 0.2) is 83.3 Å². The second kappa shape index (κ2) is 9.65. The van der Waals surface area contributed by atoms with Crippen LogP contribution in [-0.2, 0) is 9.59 Å². The number of nitrogens with one attached hydrogen (secondary N) is 3. The molecule has 4 amide bonds. The minimum atomic E-state index is -0.465. The summed E-state index contributed by atoms with van der Waals surface area (Å²) in [5.74, 6) is -0.795. The van der Waals surface area contributed by atoms with Crippen LogP contribution in [0.5, 0.6) is 0 Å². The van der Waals surface area contributed by atoms with Crippen molar-refractivity contribution in [3.05, 3.63) is 83.3 Å². The lowest BCUT2D eigenvalue weighted by Gasteiger charge is -2.18. The number of para-hydroxylation sites is 2.